The number of hydrogen-bond acceptors (Lipinski definition) is 3. The van der Waals surface area contributed by atoms with Crippen molar-refractivity contribution >= 4 is 11.9 Å². The van der Waals surface area contributed by atoms with Crippen LogP contribution in [0.5, 0.6) is 0 Å². The van der Waals surface area contributed by atoms with Crippen molar-refractivity contribution in [2.75, 3.05) is 52.4 Å². The topological polar surface area (TPSA) is 51.2 Å². The van der Waals surface area contributed by atoms with Gasteiger partial charge in [0.1, 0.15) is 0 Å². The first kappa shape index (κ1) is 19.2. The Kier molecular flexibility index (Phi) is 6.15. The summed E-state index contributed by atoms with van der Waals surface area (Å²) in [5, 5.41) is 3.69. The molecule has 1 aliphatic carbocycles. The van der Waals surface area contributed by atoms with Crippen LogP contribution in [0.4, 0.5) is 0 Å². The molecular formula is C22H33N5O. The summed E-state index contributed by atoms with van der Waals surface area (Å²) in [6.07, 6.45) is 3.50. The van der Waals surface area contributed by atoms with Gasteiger partial charge in [-0.3, -0.25) is 14.7 Å². The smallest absolute Gasteiger partial charge is 0.236 e. The molecule has 152 valence electrons. The van der Waals surface area contributed by atoms with Crippen molar-refractivity contribution in [1.29, 1.82) is 0 Å². The number of amides is 1. The van der Waals surface area contributed by atoms with E-state index in [1.165, 1.54) is 12.0 Å². The monoisotopic (exact) mass is 383 g/mol. The van der Waals surface area contributed by atoms with E-state index < -0.39 is 0 Å². The number of hydrogen-bond donors (Lipinski definition) is 1. The highest BCUT2D eigenvalue weighted by Crippen LogP contribution is 2.40. The van der Waals surface area contributed by atoms with E-state index in [9.17, 15) is 4.79 Å². The summed E-state index contributed by atoms with van der Waals surface area (Å²) in [6.45, 7) is 9.06. The van der Waals surface area contributed by atoms with E-state index in [2.05, 4.69) is 52.4 Å². The Morgan fingerprint density at radius 2 is 1.75 bits per heavy atom. The molecule has 1 aromatic carbocycles. The van der Waals surface area contributed by atoms with E-state index in [0.29, 0.717) is 24.4 Å². The van der Waals surface area contributed by atoms with Gasteiger partial charge in [-0.25, -0.2) is 0 Å². The molecule has 3 aliphatic rings. The van der Waals surface area contributed by atoms with Gasteiger partial charge < -0.3 is 15.1 Å². The van der Waals surface area contributed by atoms with Crippen LogP contribution in [0.25, 0.3) is 0 Å². The second-order valence-corrected chi connectivity index (χ2v) is 8.15. The maximum atomic E-state index is 12.4. The molecule has 2 unspecified atom stereocenters. The van der Waals surface area contributed by atoms with Gasteiger partial charge in [-0.15, -0.1) is 0 Å². The maximum absolute atomic E-state index is 12.4. The Balaban J connectivity index is 1.26. The highest BCUT2D eigenvalue weighted by atomic mass is 16.2. The molecule has 0 spiro atoms. The molecule has 2 heterocycles. The molecule has 1 aromatic rings. The first-order chi connectivity index (χ1) is 13.7. The highest BCUT2D eigenvalue weighted by molar-refractivity contribution is 5.81. The SMILES string of the molecule is CCN=C(NC1CC1c1ccccc1)N1CCN(CC(=O)N2CCCC2)CC1. The van der Waals surface area contributed by atoms with Crippen LogP contribution in [0.1, 0.15) is 37.7 Å². The van der Waals surface area contributed by atoms with Crippen molar-refractivity contribution in [3.05, 3.63) is 35.9 Å². The standard InChI is InChI=1S/C22H33N5O/c1-2-23-22(24-20-16-19(20)18-8-4-3-5-9-18)27-14-12-25(13-15-27)17-21(28)26-10-6-7-11-26/h3-5,8-9,19-20H,2,6-7,10-17H2,1H3,(H,23,24). The fourth-order valence-corrected chi connectivity index (χ4v) is 4.35. The number of piperazine rings is 1. The summed E-state index contributed by atoms with van der Waals surface area (Å²) < 4.78 is 0. The fourth-order valence-electron chi connectivity index (χ4n) is 4.35. The van der Waals surface area contributed by atoms with Crippen LogP contribution in [-0.2, 0) is 4.79 Å². The molecule has 1 amide bonds. The van der Waals surface area contributed by atoms with Gasteiger partial charge in [-0.05, 0) is 31.7 Å². The molecule has 3 fully saturated rings. The summed E-state index contributed by atoms with van der Waals surface area (Å²) in [4.78, 5) is 23.8. The van der Waals surface area contributed by atoms with E-state index in [1.807, 2.05) is 4.90 Å². The van der Waals surface area contributed by atoms with E-state index >= 15 is 0 Å². The van der Waals surface area contributed by atoms with Gasteiger partial charge in [-0.2, -0.15) is 0 Å². The molecule has 1 saturated carbocycles. The largest absolute Gasteiger partial charge is 0.353 e. The quantitative estimate of drug-likeness (QED) is 0.622. The van der Waals surface area contributed by atoms with Gasteiger partial charge in [0.15, 0.2) is 5.96 Å². The first-order valence-corrected chi connectivity index (χ1v) is 10.9. The summed E-state index contributed by atoms with van der Waals surface area (Å²) in [7, 11) is 0. The van der Waals surface area contributed by atoms with E-state index in [-0.39, 0.29) is 0 Å². The Morgan fingerprint density at radius 1 is 1.04 bits per heavy atom. The zero-order chi connectivity index (χ0) is 19.3. The number of nitrogens with zero attached hydrogens (tertiary/aromatic N) is 4. The normalized spacial score (nSPS) is 25.8. The number of carbonyl (C=O) groups excluding carboxylic acids is 1. The third kappa shape index (κ3) is 4.66. The molecule has 2 aliphatic heterocycles. The lowest BCUT2D eigenvalue weighted by Crippen LogP contribution is -2.54. The summed E-state index contributed by atoms with van der Waals surface area (Å²) >= 11 is 0. The second kappa shape index (κ2) is 8.95. The Morgan fingerprint density at radius 3 is 2.43 bits per heavy atom. The molecule has 2 saturated heterocycles. The molecular weight excluding hydrogens is 350 g/mol. The number of carbonyl (C=O) groups is 1. The van der Waals surface area contributed by atoms with Gasteiger partial charge in [0.2, 0.25) is 5.91 Å². The molecule has 1 N–H and O–H groups in total. The van der Waals surface area contributed by atoms with Crippen molar-refractivity contribution in [1.82, 2.24) is 20.0 Å². The minimum Gasteiger partial charge on any atom is -0.353 e. The molecule has 6 heteroatoms. The van der Waals surface area contributed by atoms with Crippen LogP contribution in [0.15, 0.2) is 35.3 Å². The van der Waals surface area contributed by atoms with Crippen molar-refractivity contribution in [2.45, 2.75) is 38.1 Å². The minimum atomic E-state index is 0.301. The van der Waals surface area contributed by atoms with E-state index in [0.717, 1.165) is 64.6 Å². The van der Waals surface area contributed by atoms with Crippen LogP contribution >= 0.6 is 0 Å². The van der Waals surface area contributed by atoms with Crippen molar-refractivity contribution in [2.24, 2.45) is 4.99 Å². The Hall–Kier alpha value is -2.08. The third-order valence-electron chi connectivity index (χ3n) is 6.13. The van der Waals surface area contributed by atoms with Crippen LogP contribution in [0.2, 0.25) is 0 Å². The number of rotatable bonds is 5. The molecule has 2 atom stereocenters. The zero-order valence-corrected chi connectivity index (χ0v) is 17.0. The highest BCUT2D eigenvalue weighted by Gasteiger charge is 2.39. The molecule has 0 radical (unpaired) electrons. The first-order valence-electron chi connectivity index (χ1n) is 10.9. The number of nitrogens with one attached hydrogen (secondary N) is 1. The van der Waals surface area contributed by atoms with Crippen LogP contribution in [0.3, 0.4) is 0 Å². The van der Waals surface area contributed by atoms with E-state index in [1.54, 1.807) is 0 Å². The Labute approximate surface area is 168 Å². The van der Waals surface area contributed by atoms with Crippen LogP contribution in [-0.4, -0.2) is 85.0 Å². The number of aliphatic imine (C=N–C) groups is 1. The lowest BCUT2D eigenvalue weighted by atomic mass is 10.1. The van der Waals surface area contributed by atoms with Gasteiger partial charge in [-0.1, -0.05) is 30.3 Å². The van der Waals surface area contributed by atoms with Gasteiger partial charge in [0, 0.05) is 57.8 Å². The van der Waals surface area contributed by atoms with Gasteiger partial charge in [0.05, 0.1) is 6.54 Å². The van der Waals surface area contributed by atoms with Gasteiger partial charge in [0.25, 0.3) is 0 Å². The lowest BCUT2D eigenvalue weighted by Gasteiger charge is -2.36. The minimum absolute atomic E-state index is 0.301. The third-order valence-corrected chi connectivity index (χ3v) is 6.13. The Bertz CT molecular complexity index is 677. The molecule has 6 nitrogen and oxygen atoms in total. The number of likely N-dealkylation sites (tertiary alicyclic amines) is 1. The summed E-state index contributed by atoms with van der Waals surface area (Å²) in [6, 6.07) is 11.2. The maximum Gasteiger partial charge on any atom is 0.236 e. The molecule has 0 bridgehead atoms. The van der Waals surface area contributed by atoms with Gasteiger partial charge >= 0.3 is 0 Å². The predicted molar refractivity (Wildman–Crippen MR) is 113 cm³/mol. The number of benzene rings is 1. The fraction of sp³-hybridized carbons (Fsp3) is 0.636. The van der Waals surface area contributed by atoms with Crippen molar-refractivity contribution < 1.29 is 4.79 Å². The summed E-state index contributed by atoms with van der Waals surface area (Å²) in [5.74, 6) is 1.94. The van der Waals surface area contributed by atoms with E-state index in [4.69, 9.17) is 4.99 Å². The van der Waals surface area contributed by atoms with Crippen LogP contribution in [0, 0.1) is 0 Å². The molecule has 4 rings (SSSR count). The second-order valence-electron chi connectivity index (χ2n) is 8.15. The summed E-state index contributed by atoms with van der Waals surface area (Å²) in [5.41, 5.74) is 1.42. The lowest BCUT2D eigenvalue weighted by molar-refractivity contribution is -0.131. The average Bonchev–Trinajstić information content (AvgIpc) is 3.27. The predicted octanol–water partition coefficient (Wildman–Crippen LogP) is 1.75. The molecule has 28 heavy (non-hydrogen) atoms. The van der Waals surface area contributed by atoms with Crippen molar-refractivity contribution in [3.8, 4) is 0 Å². The molecule has 0 aromatic heterocycles. The average molecular weight is 384 g/mol. The zero-order valence-electron chi connectivity index (χ0n) is 17.0. The van der Waals surface area contributed by atoms with Crippen molar-refractivity contribution in [3.63, 3.8) is 0 Å². The van der Waals surface area contributed by atoms with Crippen LogP contribution < -0.4 is 5.32 Å². The number of guanidine groups is 1.